The SMILES string of the molecule is CC(C)c1cc(C(C)C)c(S(=O)(=O)Nc2ccccc2C(F)(F)F)c(C(C)C)c1. The number of hydrogen-bond donors (Lipinski definition) is 1. The summed E-state index contributed by atoms with van der Waals surface area (Å²) in [6.07, 6.45) is -4.66. The molecule has 2 aromatic carbocycles. The molecule has 0 atom stereocenters. The highest BCUT2D eigenvalue weighted by molar-refractivity contribution is 7.92. The molecule has 0 spiro atoms. The summed E-state index contributed by atoms with van der Waals surface area (Å²) < 4.78 is 68.9. The van der Waals surface area contributed by atoms with E-state index in [-0.39, 0.29) is 22.6 Å². The lowest BCUT2D eigenvalue weighted by Gasteiger charge is -2.23. The smallest absolute Gasteiger partial charge is 0.279 e. The van der Waals surface area contributed by atoms with Gasteiger partial charge in [0, 0.05) is 0 Å². The average Bonchev–Trinajstić information content (AvgIpc) is 2.59. The van der Waals surface area contributed by atoms with Crippen LogP contribution in [0.25, 0.3) is 0 Å². The van der Waals surface area contributed by atoms with Gasteiger partial charge >= 0.3 is 6.18 Å². The molecule has 0 aliphatic carbocycles. The molecule has 0 heterocycles. The summed E-state index contributed by atoms with van der Waals surface area (Å²) in [5.74, 6) is -0.0352. The highest BCUT2D eigenvalue weighted by Gasteiger charge is 2.35. The quantitative estimate of drug-likeness (QED) is 0.546. The standard InChI is InChI=1S/C22H28F3NO2S/c1-13(2)16-11-17(14(3)4)21(18(12-16)15(5)6)29(27,28)26-20-10-8-7-9-19(20)22(23,24)25/h7-15,26H,1-6H3. The normalized spacial score (nSPS) is 12.8. The van der Waals surface area contributed by atoms with Gasteiger partial charge in [0.1, 0.15) is 0 Å². The van der Waals surface area contributed by atoms with E-state index in [1.165, 1.54) is 12.1 Å². The van der Waals surface area contributed by atoms with Crippen molar-refractivity contribution in [3.63, 3.8) is 0 Å². The molecule has 0 bridgehead atoms. The van der Waals surface area contributed by atoms with Crippen LogP contribution in [0.1, 0.15) is 81.5 Å². The topological polar surface area (TPSA) is 46.2 Å². The van der Waals surface area contributed by atoms with Crippen molar-refractivity contribution in [1.82, 2.24) is 0 Å². The van der Waals surface area contributed by atoms with Crippen molar-refractivity contribution in [2.75, 3.05) is 4.72 Å². The van der Waals surface area contributed by atoms with Gasteiger partial charge < -0.3 is 0 Å². The Morgan fingerprint density at radius 1 is 0.828 bits per heavy atom. The average molecular weight is 428 g/mol. The van der Waals surface area contributed by atoms with E-state index in [9.17, 15) is 21.6 Å². The van der Waals surface area contributed by atoms with E-state index in [0.29, 0.717) is 11.1 Å². The van der Waals surface area contributed by atoms with E-state index < -0.39 is 27.5 Å². The van der Waals surface area contributed by atoms with Crippen LogP contribution in [0.2, 0.25) is 0 Å². The zero-order chi connectivity index (χ0) is 22.1. The minimum Gasteiger partial charge on any atom is -0.279 e. The van der Waals surface area contributed by atoms with Crippen LogP contribution in [0.3, 0.4) is 0 Å². The lowest BCUT2D eigenvalue weighted by molar-refractivity contribution is -0.136. The number of para-hydroxylation sites is 1. The van der Waals surface area contributed by atoms with Crippen molar-refractivity contribution in [2.45, 2.75) is 70.4 Å². The molecular formula is C22H28F3NO2S. The summed E-state index contributed by atoms with van der Waals surface area (Å²) in [6, 6.07) is 8.31. The van der Waals surface area contributed by atoms with Crippen molar-refractivity contribution in [2.24, 2.45) is 0 Å². The van der Waals surface area contributed by atoms with Crippen LogP contribution in [-0.4, -0.2) is 8.42 Å². The van der Waals surface area contributed by atoms with E-state index in [2.05, 4.69) is 4.72 Å². The summed E-state index contributed by atoms with van der Waals surface area (Å²) >= 11 is 0. The number of benzene rings is 2. The van der Waals surface area contributed by atoms with Crippen LogP contribution in [0.4, 0.5) is 18.9 Å². The van der Waals surface area contributed by atoms with Gasteiger partial charge in [-0.05, 0) is 46.6 Å². The van der Waals surface area contributed by atoms with Crippen molar-refractivity contribution < 1.29 is 21.6 Å². The van der Waals surface area contributed by atoms with Crippen molar-refractivity contribution in [3.05, 3.63) is 58.7 Å². The molecule has 0 saturated carbocycles. The summed E-state index contributed by atoms with van der Waals surface area (Å²) in [6.45, 7) is 11.6. The van der Waals surface area contributed by atoms with Gasteiger partial charge in [-0.1, -0.05) is 65.8 Å². The Morgan fingerprint density at radius 2 is 1.31 bits per heavy atom. The van der Waals surface area contributed by atoms with Gasteiger partial charge in [0.2, 0.25) is 0 Å². The molecule has 0 amide bonds. The molecule has 0 aliphatic rings. The van der Waals surface area contributed by atoms with E-state index >= 15 is 0 Å². The largest absolute Gasteiger partial charge is 0.418 e. The first kappa shape index (κ1) is 23.3. The van der Waals surface area contributed by atoms with Crippen LogP contribution in [0.15, 0.2) is 41.3 Å². The predicted molar refractivity (Wildman–Crippen MR) is 111 cm³/mol. The Hall–Kier alpha value is -2.02. The Bertz CT molecular complexity index is 949. The fraction of sp³-hybridized carbons (Fsp3) is 0.455. The number of nitrogens with one attached hydrogen (secondary N) is 1. The molecule has 29 heavy (non-hydrogen) atoms. The van der Waals surface area contributed by atoms with Gasteiger partial charge in [0.25, 0.3) is 10.0 Å². The number of rotatable bonds is 6. The number of halogens is 3. The Balaban J connectivity index is 2.73. The number of alkyl halides is 3. The minimum atomic E-state index is -4.66. The number of hydrogen-bond acceptors (Lipinski definition) is 2. The third kappa shape index (κ3) is 5.13. The zero-order valence-corrected chi connectivity index (χ0v) is 18.4. The molecule has 2 rings (SSSR count). The van der Waals surface area contributed by atoms with Gasteiger partial charge in [-0.15, -0.1) is 0 Å². The lowest BCUT2D eigenvalue weighted by atomic mass is 9.89. The van der Waals surface area contributed by atoms with Crippen LogP contribution in [0, 0.1) is 0 Å². The van der Waals surface area contributed by atoms with Gasteiger partial charge in [-0.2, -0.15) is 13.2 Å². The molecule has 0 fully saturated rings. The molecule has 2 aromatic rings. The minimum absolute atomic E-state index is 0.0730. The van der Waals surface area contributed by atoms with Gasteiger partial charge in [0.15, 0.2) is 0 Å². The van der Waals surface area contributed by atoms with Gasteiger partial charge in [0.05, 0.1) is 16.1 Å². The highest BCUT2D eigenvalue weighted by Crippen LogP contribution is 2.39. The van der Waals surface area contributed by atoms with Crippen molar-refractivity contribution in [3.8, 4) is 0 Å². The molecule has 0 aromatic heterocycles. The molecule has 7 heteroatoms. The van der Waals surface area contributed by atoms with Crippen LogP contribution in [-0.2, 0) is 16.2 Å². The molecule has 160 valence electrons. The van der Waals surface area contributed by atoms with Crippen LogP contribution < -0.4 is 4.72 Å². The second-order valence-electron chi connectivity index (χ2n) is 8.14. The van der Waals surface area contributed by atoms with Gasteiger partial charge in [-0.25, -0.2) is 8.42 Å². The Labute approximate surface area is 171 Å². The molecule has 0 radical (unpaired) electrons. The van der Waals surface area contributed by atoms with Crippen LogP contribution >= 0.6 is 0 Å². The third-order valence-corrected chi connectivity index (χ3v) is 6.32. The zero-order valence-electron chi connectivity index (χ0n) is 17.6. The number of anilines is 1. The maximum absolute atomic E-state index is 13.3. The van der Waals surface area contributed by atoms with Gasteiger partial charge in [-0.3, -0.25) is 4.72 Å². The molecule has 0 saturated heterocycles. The maximum Gasteiger partial charge on any atom is 0.418 e. The fourth-order valence-corrected chi connectivity index (χ4v) is 4.99. The molecular weight excluding hydrogens is 399 g/mol. The summed E-state index contributed by atoms with van der Waals surface area (Å²) in [4.78, 5) is 0.0730. The molecule has 0 aliphatic heterocycles. The number of sulfonamides is 1. The second kappa shape index (κ2) is 8.38. The molecule has 1 N–H and O–H groups in total. The maximum atomic E-state index is 13.3. The predicted octanol–water partition coefficient (Wildman–Crippen LogP) is 6.88. The van der Waals surface area contributed by atoms with E-state index in [1.807, 2.05) is 53.7 Å². The first-order valence-corrected chi connectivity index (χ1v) is 11.1. The monoisotopic (exact) mass is 427 g/mol. The summed E-state index contributed by atoms with van der Waals surface area (Å²) in [7, 11) is -4.24. The van der Waals surface area contributed by atoms with Crippen molar-refractivity contribution >= 4 is 15.7 Å². The van der Waals surface area contributed by atoms with Crippen molar-refractivity contribution in [1.29, 1.82) is 0 Å². The van der Waals surface area contributed by atoms with E-state index in [0.717, 1.165) is 17.7 Å². The highest BCUT2D eigenvalue weighted by atomic mass is 32.2. The molecule has 3 nitrogen and oxygen atoms in total. The summed E-state index contributed by atoms with van der Waals surface area (Å²) in [5.41, 5.74) is 0.734. The first-order valence-electron chi connectivity index (χ1n) is 9.62. The second-order valence-corrected chi connectivity index (χ2v) is 9.76. The van der Waals surface area contributed by atoms with E-state index in [1.54, 1.807) is 0 Å². The fourth-order valence-electron chi connectivity index (χ4n) is 3.21. The first-order chi connectivity index (χ1) is 13.3. The lowest BCUT2D eigenvalue weighted by Crippen LogP contribution is -2.21. The Kier molecular flexibility index (Phi) is 6.72. The van der Waals surface area contributed by atoms with E-state index in [4.69, 9.17) is 0 Å². The summed E-state index contributed by atoms with van der Waals surface area (Å²) in [5, 5.41) is 0. The molecule has 0 unspecified atom stereocenters. The third-order valence-electron chi connectivity index (χ3n) is 4.82. The Morgan fingerprint density at radius 3 is 1.72 bits per heavy atom. The van der Waals surface area contributed by atoms with Crippen LogP contribution in [0.5, 0.6) is 0 Å².